The van der Waals surface area contributed by atoms with Crippen molar-refractivity contribution < 1.29 is 19.5 Å². The summed E-state index contributed by atoms with van der Waals surface area (Å²) in [4.78, 5) is 34.6. The van der Waals surface area contributed by atoms with E-state index in [-0.39, 0.29) is 42.8 Å². The highest BCUT2D eigenvalue weighted by Crippen LogP contribution is 2.20. The van der Waals surface area contributed by atoms with Crippen molar-refractivity contribution in [2.45, 2.75) is 59.5 Å². The van der Waals surface area contributed by atoms with Gasteiger partial charge in [0.2, 0.25) is 11.8 Å². The van der Waals surface area contributed by atoms with Crippen LogP contribution in [0.15, 0.2) is 0 Å². The third-order valence-electron chi connectivity index (χ3n) is 3.01. The van der Waals surface area contributed by atoms with Gasteiger partial charge in [-0.15, -0.1) is 0 Å². The lowest BCUT2D eigenvalue weighted by molar-refractivity contribution is -0.138. The maximum absolute atomic E-state index is 12.0. The predicted molar refractivity (Wildman–Crippen MR) is 102 cm³/mol. The van der Waals surface area contributed by atoms with Crippen LogP contribution in [0.4, 0.5) is 0 Å². The molecule has 0 aliphatic rings. The number of carboxylic acids is 1. The van der Waals surface area contributed by atoms with Crippen LogP contribution in [0.25, 0.3) is 0 Å². The van der Waals surface area contributed by atoms with Gasteiger partial charge in [0, 0.05) is 24.8 Å². The molecule has 0 saturated heterocycles. The van der Waals surface area contributed by atoms with Crippen molar-refractivity contribution in [2.24, 2.45) is 5.41 Å². The Morgan fingerprint density at radius 2 is 1.76 bits per heavy atom. The molecule has 0 heterocycles. The molecular formula is C17H33N3O4S. The van der Waals surface area contributed by atoms with E-state index in [4.69, 9.17) is 5.11 Å². The standard InChI is InChI=1S/C17H33N3O4S/c1-12(2)18-10-15(22)19-9-13(8-16(23)24)20-14(21)6-7-25-11-17(3,4)5/h12-13,18H,6-11H2,1-5H3,(H,19,22)(H,20,21)(H,23,24)/t13-/m0/s1. The zero-order valence-corrected chi connectivity index (χ0v) is 16.8. The quantitative estimate of drug-likeness (QED) is 0.382. The lowest BCUT2D eigenvalue weighted by atomic mass is 10.0. The summed E-state index contributed by atoms with van der Waals surface area (Å²) in [7, 11) is 0. The van der Waals surface area contributed by atoms with E-state index in [1.807, 2.05) is 13.8 Å². The molecule has 2 amide bonds. The molecule has 0 saturated carbocycles. The van der Waals surface area contributed by atoms with E-state index >= 15 is 0 Å². The average Bonchev–Trinajstić information content (AvgIpc) is 2.45. The van der Waals surface area contributed by atoms with Crippen LogP contribution < -0.4 is 16.0 Å². The van der Waals surface area contributed by atoms with Gasteiger partial charge in [0.25, 0.3) is 0 Å². The van der Waals surface area contributed by atoms with Gasteiger partial charge >= 0.3 is 5.97 Å². The lowest BCUT2D eigenvalue weighted by Crippen LogP contribution is -2.47. The van der Waals surface area contributed by atoms with Gasteiger partial charge in [0.05, 0.1) is 19.0 Å². The Balaban J connectivity index is 4.22. The SMILES string of the molecule is CC(C)NCC(=O)NC[C@H](CC(=O)O)NC(=O)CCSCC(C)(C)C. The van der Waals surface area contributed by atoms with Gasteiger partial charge in [0.1, 0.15) is 0 Å². The summed E-state index contributed by atoms with van der Waals surface area (Å²) < 4.78 is 0. The van der Waals surface area contributed by atoms with Gasteiger partial charge in [-0.2, -0.15) is 11.8 Å². The molecule has 0 aliphatic heterocycles. The largest absolute Gasteiger partial charge is 0.481 e. The lowest BCUT2D eigenvalue weighted by Gasteiger charge is -2.19. The Morgan fingerprint density at radius 3 is 2.28 bits per heavy atom. The van der Waals surface area contributed by atoms with Crippen molar-refractivity contribution in [1.82, 2.24) is 16.0 Å². The van der Waals surface area contributed by atoms with Gasteiger partial charge in [-0.25, -0.2) is 0 Å². The second kappa shape index (κ2) is 12.1. The van der Waals surface area contributed by atoms with Crippen LogP contribution in [0, 0.1) is 5.41 Å². The van der Waals surface area contributed by atoms with E-state index in [0.29, 0.717) is 12.2 Å². The molecule has 0 aliphatic carbocycles. The Hall–Kier alpha value is -1.28. The van der Waals surface area contributed by atoms with Crippen LogP contribution in [-0.2, 0) is 14.4 Å². The van der Waals surface area contributed by atoms with Gasteiger partial charge in [-0.1, -0.05) is 34.6 Å². The van der Waals surface area contributed by atoms with Crippen molar-refractivity contribution in [3.8, 4) is 0 Å². The molecule has 1 atom stereocenters. The van der Waals surface area contributed by atoms with Crippen LogP contribution in [-0.4, -0.2) is 59.6 Å². The maximum Gasteiger partial charge on any atom is 0.305 e. The van der Waals surface area contributed by atoms with Crippen LogP contribution >= 0.6 is 11.8 Å². The first-order chi connectivity index (χ1) is 11.5. The fraction of sp³-hybridized carbons (Fsp3) is 0.824. The number of thioether (sulfide) groups is 1. The topological polar surface area (TPSA) is 108 Å². The molecular weight excluding hydrogens is 342 g/mol. The van der Waals surface area contributed by atoms with Crippen molar-refractivity contribution in [1.29, 1.82) is 0 Å². The highest BCUT2D eigenvalue weighted by atomic mass is 32.2. The summed E-state index contributed by atoms with van der Waals surface area (Å²) in [6, 6.07) is -0.425. The third-order valence-corrected chi connectivity index (χ3v) is 4.57. The van der Waals surface area contributed by atoms with Gasteiger partial charge < -0.3 is 21.1 Å². The highest BCUT2D eigenvalue weighted by molar-refractivity contribution is 7.99. The van der Waals surface area contributed by atoms with Gasteiger partial charge in [-0.05, 0) is 11.2 Å². The summed E-state index contributed by atoms with van der Waals surface area (Å²) in [5.41, 5.74) is 0.210. The van der Waals surface area contributed by atoms with Crippen LogP contribution in [0.5, 0.6) is 0 Å². The van der Waals surface area contributed by atoms with E-state index in [2.05, 4.69) is 36.7 Å². The molecule has 0 bridgehead atoms. The van der Waals surface area contributed by atoms with Crippen molar-refractivity contribution in [2.75, 3.05) is 24.6 Å². The third kappa shape index (κ3) is 16.0. The Bertz CT molecular complexity index is 436. The Kier molecular flexibility index (Phi) is 11.5. The van der Waals surface area contributed by atoms with E-state index in [1.165, 1.54) is 0 Å². The Morgan fingerprint density at radius 1 is 1.12 bits per heavy atom. The fourth-order valence-electron chi connectivity index (χ4n) is 1.82. The van der Waals surface area contributed by atoms with Gasteiger partial charge in [0.15, 0.2) is 0 Å². The summed E-state index contributed by atoms with van der Waals surface area (Å²) in [5.74, 6) is 0.217. The summed E-state index contributed by atoms with van der Waals surface area (Å²) >= 11 is 1.70. The molecule has 0 rings (SSSR count). The average molecular weight is 376 g/mol. The van der Waals surface area contributed by atoms with E-state index in [9.17, 15) is 14.4 Å². The number of rotatable bonds is 12. The maximum atomic E-state index is 12.0. The second-order valence-corrected chi connectivity index (χ2v) is 8.67. The number of hydrogen-bond acceptors (Lipinski definition) is 5. The number of nitrogens with one attached hydrogen (secondary N) is 3. The Labute approximate surface area is 155 Å². The number of amides is 2. The number of hydrogen-bond donors (Lipinski definition) is 4. The molecule has 4 N–H and O–H groups in total. The first-order valence-corrected chi connectivity index (χ1v) is 9.74. The van der Waals surface area contributed by atoms with Crippen LogP contribution in [0.1, 0.15) is 47.5 Å². The van der Waals surface area contributed by atoms with Crippen LogP contribution in [0.3, 0.4) is 0 Å². The summed E-state index contributed by atoms with van der Waals surface area (Å²) in [5, 5.41) is 17.3. The molecule has 0 aromatic heterocycles. The molecule has 0 fully saturated rings. The minimum atomic E-state index is -1.01. The van der Waals surface area contributed by atoms with Gasteiger partial charge in [-0.3, -0.25) is 14.4 Å². The second-order valence-electron chi connectivity index (χ2n) is 7.57. The summed E-state index contributed by atoms with van der Waals surface area (Å²) in [6.07, 6.45) is 0.110. The van der Waals surface area contributed by atoms with Crippen molar-refractivity contribution >= 4 is 29.5 Å². The zero-order chi connectivity index (χ0) is 19.5. The van der Waals surface area contributed by atoms with Crippen molar-refractivity contribution in [3.05, 3.63) is 0 Å². The minimum absolute atomic E-state index is 0.103. The van der Waals surface area contributed by atoms with Crippen molar-refractivity contribution in [3.63, 3.8) is 0 Å². The number of aliphatic carboxylic acids is 1. The van der Waals surface area contributed by atoms with E-state index in [0.717, 1.165) is 5.75 Å². The molecule has 0 aromatic rings. The summed E-state index contributed by atoms with van der Waals surface area (Å²) in [6.45, 7) is 10.5. The minimum Gasteiger partial charge on any atom is -0.481 e. The molecule has 0 spiro atoms. The molecule has 146 valence electrons. The molecule has 0 aromatic carbocycles. The highest BCUT2D eigenvalue weighted by Gasteiger charge is 2.17. The molecule has 0 radical (unpaired) electrons. The smallest absolute Gasteiger partial charge is 0.305 e. The molecule has 7 nitrogen and oxygen atoms in total. The van der Waals surface area contributed by atoms with Crippen LogP contribution in [0.2, 0.25) is 0 Å². The number of carbonyl (C=O) groups excluding carboxylic acids is 2. The normalized spacial score (nSPS) is 12.7. The number of carboxylic acid groups (broad SMARTS) is 1. The zero-order valence-electron chi connectivity index (χ0n) is 16.0. The molecule has 0 unspecified atom stereocenters. The van der Waals surface area contributed by atoms with E-state index < -0.39 is 12.0 Å². The molecule has 8 heteroatoms. The fourth-order valence-corrected chi connectivity index (χ4v) is 2.91. The first-order valence-electron chi connectivity index (χ1n) is 8.58. The number of carbonyl (C=O) groups is 3. The predicted octanol–water partition coefficient (Wildman–Crippen LogP) is 1.23. The van der Waals surface area contributed by atoms with E-state index in [1.54, 1.807) is 11.8 Å². The monoisotopic (exact) mass is 375 g/mol. The first kappa shape index (κ1) is 23.7. The molecule has 25 heavy (non-hydrogen) atoms.